The number of hydrogen-bond donors (Lipinski definition) is 1. The van der Waals surface area contributed by atoms with Crippen LogP contribution in [0.25, 0.3) is 0 Å². The molecule has 0 bridgehead atoms. The molecule has 0 aromatic heterocycles. The number of rotatable bonds is 5. The zero-order chi connectivity index (χ0) is 16.5. The molecule has 2 fully saturated rings. The lowest BCUT2D eigenvalue weighted by molar-refractivity contribution is 0.0714. The molecule has 3 nitrogen and oxygen atoms in total. The Balaban J connectivity index is 1.51. The van der Waals surface area contributed by atoms with Gasteiger partial charge in [-0.05, 0) is 76.2 Å². The topological polar surface area (TPSA) is 26.7 Å². The third-order valence-electron chi connectivity index (χ3n) is 5.60. The first kappa shape index (κ1) is 16.9. The third-order valence-corrected chi connectivity index (χ3v) is 5.60. The molecule has 1 spiro atoms. The maximum atomic E-state index is 9.83. The standard InChI is InChI=1S/C20H32N2O/c1-19(2,23)9-8-17-4-6-18(7-5-17)14-22-13-11-20(16-22)10-12-21(3)15-20/h4-7,23H,8-16H2,1-3H3/t20-/m0/s1. The van der Waals surface area contributed by atoms with E-state index < -0.39 is 5.60 Å². The van der Waals surface area contributed by atoms with E-state index in [4.69, 9.17) is 0 Å². The van der Waals surface area contributed by atoms with Crippen molar-refractivity contribution in [3.8, 4) is 0 Å². The van der Waals surface area contributed by atoms with Gasteiger partial charge >= 0.3 is 0 Å². The maximum Gasteiger partial charge on any atom is 0.0594 e. The van der Waals surface area contributed by atoms with Crippen molar-refractivity contribution in [2.45, 2.75) is 51.7 Å². The van der Waals surface area contributed by atoms with Crippen molar-refractivity contribution in [3.63, 3.8) is 0 Å². The van der Waals surface area contributed by atoms with E-state index in [0.29, 0.717) is 5.41 Å². The Morgan fingerprint density at radius 1 is 1.04 bits per heavy atom. The zero-order valence-electron chi connectivity index (χ0n) is 15.0. The van der Waals surface area contributed by atoms with Crippen molar-refractivity contribution in [1.82, 2.24) is 9.80 Å². The fraction of sp³-hybridized carbons (Fsp3) is 0.700. The number of likely N-dealkylation sites (tertiary alicyclic amines) is 2. The van der Waals surface area contributed by atoms with E-state index in [2.05, 4.69) is 41.1 Å². The lowest BCUT2D eigenvalue weighted by Crippen LogP contribution is -2.29. The smallest absolute Gasteiger partial charge is 0.0594 e. The van der Waals surface area contributed by atoms with E-state index in [1.54, 1.807) is 0 Å². The number of aryl methyl sites for hydroxylation is 1. The third kappa shape index (κ3) is 4.56. The van der Waals surface area contributed by atoms with Crippen LogP contribution < -0.4 is 0 Å². The van der Waals surface area contributed by atoms with Gasteiger partial charge in [-0.2, -0.15) is 0 Å². The minimum atomic E-state index is -0.572. The fourth-order valence-electron chi connectivity index (χ4n) is 4.17. The summed E-state index contributed by atoms with van der Waals surface area (Å²) in [4.78, 5) is 5.12. The van der Waals surface area contributed by atoms with Gasteiger partial charge < -0.3 is 10.0 Å². The van der Waals surface area contributed by atoms with Gasteiger partial charge in [0.25, 0.3) is 0 Å². The van der Waals surface area contributed by atoms with Crippen molar-refractivity contribution >= 4 is 0 Å². The van der Waals surface area contributed by atoms with Gasteiger partial charge in [-0.1, -0.05) is 24.3 Å². The zero-order valence-corrected chi connectivity index (χ0v) is 15.0. The summed E-state index contributed by atoms with van der Waals surface area (Å²) in [6.45, 7) is 9.89. The van der Waals surface area contributed by atoms with Crippen LogP contribution in [0.15, 0.2) is 24.3 Å². The van der Waals surface area contributed by atoms with Gasteiger partial charge in [0.1, 0.15) is 0 Å². The predicted octanol–water partition coefficient (Wildman–Crippen LogP) is 2.92. The summed E-state index contributed by atoms with van der Waals surface area (Å²) in [7, 11) is 2.25. The van der Waals surface area contributed by atoms with Crippen LogP contribution in [0.1, 0.15) is 44.2 Å². The van der Waals surface area contributed by atoms with Crippen molar-refractivity contribution in [2.24, 2.45) is 5.41 Å². The molecule has 23 heavy (non-hydrogen) atoms. The molecule has 0 unspecified atom stereocenters. The second-order valence-corrected chi connectivity index (χ2v) is 8.58. The van der Waals surface area contributed by atoms with Crippen LogP contribution in [-0.2, 0) is 13.0 Å². The van der Waals surface area contributed by atoms with Crippen molar-refractivity contribution in [1.29, 1.82) is 0 Å². The molecule has 2 saturated heterocycles. The second kappa shape index (κ2) is 6.54. The second-order valence-electron chi connectivity index (χ2n) is 8.58. The van der Waals surface area contributed by atoms with Crippen molar-refractivity contribution < 1.29 is 5.11 Å². The number of hydrogen-bond acceptors (Lipinski definition) is 3. The molecule has 1 N–H and O–H groups in total. The summed E-state index contributed by atoms with van der Waals surface area (Å²) < 4.78 is 0. The van der Waals surface area contributed by atoms with Crippen LogP contribution >= 0.6 is 0 Å². The molecule has 128 valence electrons. The van der Waals surface area contributed by atoms with E-state index in [9.17, 15) is 5.11 Å². The average molecular weight is 316 g/mol. The molecule has 0 aliphatic carbocycles. The minimum absolute atomic E-state index is 0.571. The SMILES string of the molecule is CN1CC[C@]2(CCN(Cc3ccc(CCC(C)(C)O)cc3)C2)C1. The van der Waals surface area contributed by atoms with E-state index in [1.807, 2.05) is 13.8 Å². The number of aliphatic hydroxyl groups is 1. The van der Waals surface area contributed by atoms with Crippen LogP contribution in [-0.4, -0.2) is 53.7 Å². The normalized spacial score (nSPS) is 26.4. The van der Waals surface area contributed by atoms with Crippen molar-refractivity contribution in [3.05, 3.63) is 35.4 Å². The number of benzene rings is 1. The number of nitrogens with zero attached hydrogens (tertiary/aromatic N) is 2. The largest absolute Gasteiger partial charge is 0.390 e. The van der Waals surface area contributed by atoms with Crippen molar-refractivity contribution in [2.75, 3.05) is 33.2 Å². The first-order valence-electron chi connectivity index (χ1n) is 9.05. The monoisotopic (exact) mass is 316 g/mol. The average Bonchev–Trinajstić information content (AvgIpc) is 3.04. The molecule has 3 rings (SSSR count). The molecular formula is C20H32N2O. The Morgan fingerprint density at radius 2 is 1.70 bits per heavy atom. The molecular weight excluding hydrogens is 284 g/mol. The Labute approximate surface area is 141 Å². The Hall–Kier alpha value is -0.900. The van der Waals surface area contributed by atoms with E-state index in [0.717, 1.165) is 19.4 Å². The lowest BCUT2D eigenvalue weighted by atomic mass is 9.86. The first-order chi connectivity index (χ1) is 10.8. The summed E-state index contributed by atoms with van der Waals surface area (Å²) >= 11 is 0. The van der Waals surface area contributed by atoms with Crippen LogP contribution in [0.3, 0.4) is 0 Å². The summed E-state index contributed by atoms with van der Waals surface area (Å²) in [5.41, 5.74) is 2.74. The molecule has 2 aliphatic heterocycles. The summed E-state index contributed by atoms with van der Waals surface area (Å²) in [5.74, 6) is 0. The van der Waals surface area contributed by atoms with Gasteiger partial charge in [0.15, 0.2) is 0 Å². The highest BCUT2D eigenvalue weighted by atomic mass is 16.3. The molecule has 1 atom stereocenters. The quantitative estimate of drug-likeness (QED) is 0.905. The molecule has 2 aliphatic rings. The fourth-order valence-corrected chi connectivity index (χ4v) is 4.17. The van der Waals surface area contributed by atoms with Gasteiger partial charge in [0, 0.05) is 19.6 Å². The van der Waals surface area contributed by atoms with Crippen LogP contribution in [0.4, 0.5) is 0 Å². The van der Waals surface area contributed by atoms with E-state index >= 15 is 0 Å². The molecule has 1 aromatic carbocycles. The van der Waals surface area contributed by atoms with E-state index in [1.165, 1.54) is 50.1 Å². The van der Waals surface area contributed by atoms with Gasteiger partial charge in [-0.25, -0.2) is 0 Å². The van der Waals surface area contributed by atoms with Gasteiger partial charge in [0.2, 0.25) is 0 Å². The highest BCUT2D eigenvalue weighted by Gasteiger charge is 2.42. The van der Waals surface area contributed by atoms with Gasteiger partial charge in [0.05, 0.1) is 5.60 Å². The highest BCUT2D eigenvalue weighted by molar-refractivity contribution is 5.23. The molecule has 2 heterocycles. The van der Waals surface area contributed by atoms with Crippen LogP contribution in [0.5, 0.6) is 0 Å². The van der Waals surface area contributed by atoms with Crippen LogP contribution in [0.2, 0.25) is 0 Å². The molecule has 0 saturated carbocycles. The van der Waals surface area contributed by atoms with Crippen LogP contribution in [0, 0.1) is 5.41 Å². The Kier molecular flexibility index (Phi) is 4.82. The Morgan fingerprint density at radius 3 is 2.30 bits per heavy atom. The first-order valence-corrected chi connectivity index (χ1v) is 9.05. The minimum Gasteiger partial charge on any atom is -0.390 e. The highest BCUT2D eigenvalue weighted by Crippen LogP contribution is 2.39. The maximum absolute atomic E-state index is 9.83. The molecule has 1 aromatic rings. The lowest BCUT2D eigenvalue weighted by Gasteiger charge is -2.24. The predicted molar refractivity (Wildman–Crippen MR) is 95.5 cm³/mol. The Bertz CT molecular complexity index is 519. The summed E-state index contributed by atoms with van der Waals surface area (Å²) in [5, 5.41) is 9.83. The van der Waals surface area contributed by atoms with E-state index in [-0.39, 0.29) is 0 Å². The molecule has 3 heteroatoms. The van der Waals surface area contributed by atoms with Gasteiger partial charge in [-0.3, -0.25) is 4.90 Å². The summed E-state index contributed by atoms with van der Waals surface area (Å²) in [6, 6.07) is 9.00. The van der Waals surface area contributed by atoms with Gasteiger partial charge in [-0.15, -0.1) is 0 Å². The summed E-state index contributed by atoms with van der Waals surface area (Å²) in [6.07, 6.45) is 4.49. The molecule has 0 radical (unpaired) electrons. The molecule has 0 amide bonds.